The van der Waals surface area contributed by atoms with E-state index in [9.17, 15) is 9.59 Å². The van der Waals surface area contributed by atoms with Crippen LogP contribution in [-0.4, -0.2) is 35.0 Å². The highest BCUT2D eigenvalue weighted by atomic mass is 16.5. The molecule has 1 aromatic heterocycles. The van der Waals surface area contributed by atoms with Gasteiger partial charge in [-0.1, -0.05) is 29.4 Å². The Morgan fingerprint density at radius 1 is 1.24 bits per heavy atom. The second-order valence-electron chi connectivity index (χ2n) is 7.02. The molecule has 2 amide bonds. The highest BCUT2D eigenvalue weighted by molar-refractivity contribution is 5.92. The Balaban J connectivity index is 1.52. The molecule has 1 fully saturated rings. The molecule has 1 N–H and O–H groups in total. The Labute approximate surface area is 146 Å². The third-order valence-electron chi connectivity index (χ3n) is 5.42. The number of rotatable bonds is 1. The van der Waals surface area contributed by atoms with Gasteiger partial charge in [-0.25, -0.2) is 0 Å². The van der Waals surface area contributed by atoms with Gasteiger partial charge in [0.25, 0.3) is 5.91 Å². The summed E-state index contributed by atoms with van der Waals surface area (Å²) < 4.78 is 5.00. The molecule has 1 aromatic carbocycles. The van der Waals surface area contributed by atoms with E-state index in [4.69, 9.17) is 4.52 Å². The van der Waals surface area contributed by atoms with E-state index in [0.29, 0.717) is 43.9 Å². The van der Waals surface area contributed by atoms with Crippen molar-refractivity contribution in [1.82, 2.24) is 15.4 Å². The number of carbonyl (C=O) groups excluding carboxylic acids is 2. The van der Waals surface area contributed by atoms with E-state index in [0.717, 1.165) is 6.42 Å². The van der Waals surface area contributed by atoms with Crippen molar-refractivity contribution in [2.24, 2.45) is 5.41 Å². The van der Waals surface area contributed by atoms with Gasteiger partial charge in [-0.3, -0.25) is 9.59 Å². The van der Waals surface area contributed by atoms with Crippen molar-refractivity contribution < 1.29 is 14.1 Å². The van der Waals surface area contributed by atoms with Gasteiger partial charge < -0.3 is 14.7 Å². The molecule has 0 aliphatic carbocycles. The molecule has 25 heavy (non-hydrogen) atoms. The fourth-order valence-corrected chi connectivity index (χ4v) is 3.88. The van der Waals surface area contributed by atoms with Crippen molar-refractivity contribution in [2.45, 2.75) is 32.7 Å². The van der Waals surface area contributed by atoms with Gasteiger partial charge in [0.05, 0.1) is 5.41 Å². The van der Waals surface area contributed by atoms with Gasteiger partial charge in [-0.2, -0.15) is 0 Å². The summed E-state index contributed by atoms with van der Waals surface area (Å²) >= 11 is 0. The number of likely N-dealkylation sites (tertiary alicyclic amines) is 1. The van der Waals surface area contributed by atoms with Crippen LogP contribution in [-0.2, 0) is 17.8 Å². The van der Waals surface area contributed by atoms with Gasteiger partial charge in [0.1, 0.15) is 5.76 Å². The van der Waals surface area contributed by atoms with Crippen molar-refractivity contribution in [3.05, 3.63) is 52.9 Å². The minimum absolute atomic E-state index is 0.105. The second-order valence-corrected chi connectivity index (χ2v) is 7.02. The Hall–Kier alpha value is -2.63. The first-order valence-electron chi connectivity index (χ1n) is 8.65. The first-order chi connectivity index (χ1) is 12.1. The third kappa shape index (κ3) is 2.81. The lowest BCUT2D eigenvalue weighted by atomic mass is 9.73. The Morgan fingerprint density at radius 2 is 1.96 bits per heavy atom. The molecule has 0 saturated carbocycles. The van der Waals surface area contributed by atoms with E-state index >= 15 is 0 Å². The molecular formula is C19H21N3O3. The number of amides is 2. The van der Waals surface area contributed by atoms with Crippen LogP contribution in [0.5, 0.6) is 0 Å². The van der Waals surface area contributed by atoms with Crippen molar-refractivity contribution in [3.63, 3.8) is 0 Å². The zero-order valence-corrected chi connectivity index (χ0v) is 14.2. The number of aromatic nitrogens is 1. The maximum Gasteiger partial charge on any atom is 0.276 e. The summed E-state index contributed by atoms with van der Waals surface area (Å²) in [5.74, 6) is 0.603. The predicted octanol–water partition coefficient (Wildman–Crippen LogP) is 2.08. The van der Waals surface area contributed by atoms with Gasteiger partial charge in [-0.05, 0) is 37.3 Å². The molecule has 0 bridgehead atoms. The first kappa shape index (κ1) is 15.9. The molecule has 2 aliphatic rings. The summed E-state index contributed by atoms with van der Waals surface area (Å²) in [6, 6.07) is 9.85. The number of benzene rings is 1. The average molecular weight is 339 g/mol. The van der Waals surface area contributed by atoms with Crippen LogP contribution in [0.4, 0.5) is 0 Å². The first-order valence-corrected chi connectivity index (χ1v) is 8.65. The van der Waals surface area contributed by atoms with Gasteiger partial charge in [-0.15, -0.1) is 0 Å². The molecule has 6 nitrogen and oxygen atoms in total. The van der Waals surface area contributed by atoms with E-state index in [2.05, 4.69) is 22.6 Å². The van der Waals surface area contributed by atoms with Crippen LogP contribution in [0.1, 0.15) is 40.2 Å². The van der Waals surface area contributed by atoms with Gasteiger partial charge in [0.15, 0.2) is 5.69 Å². The molecule has 6 heteroatoms. The maximum atomic E-state index is 12.8. The fourth-order valence-electron chi connectivity index (χ4n) is 3.88. The van der Waals surface area contributed by atoms with Crippen LogP contribution in [0.25, 0.3) is 0 Å². The smallest absolute Gasteiger partial charge is 0.276 e. The number of piperidine rings is 1. The number of carbonyl (C=O) groups is 2. The molecule has 130 valence electrons. The number of aryl methyl sites for hydroxylation is 1. The molecule has 2 aromatic rings. The standard InChI is InChI=1S/C19H21N3O3/c1-13-10-16(21-25-13)17(23)22-8-6-19(7-9-22)11-14-4-2-3-5-15(14)12-20-18(19)24/h2-5,10H,6-9,11-12H2,1H3,(H,20,24). The molecule has 0 atom stereocenters. The predicted molar refractivity (Wildman–Crippen MR) is 90.8 cm³/mol. The van der Waals surface area contributed by atoms with Crippen LogP contribution in [0.2, 0.25) is 0 Å². The van der Waals surface area contributed by atoms with Crippen LogP contribution >= 0.6 is 0 Å². The van der Waals surface area contributed by atoms with Crippen LogP contribution in [0, 0.1) is 12.3 Å². The van der Waals surface area contributed by atoms with E-state index in [1.807, 2.05) is 12.1 Å². The Morgan fingerprint density at radius 3 is 2.64 bits per heavy atom. The van der Waals surface area contributed by atoms with E-state index in [-0.39, 0.29) is 11.8 Å². The normalized spacial score (nSPS) is 19.2. The molecule has 2 aliphatic heterocycles. The molecule has 1 saturated heterocycles. The zero-order chi connectivity index (χ0) is 17.4. The number of nitrogens with one attached hydrogen (secondary N) is 1. The van der Waals surface area contributed by atoms with Crippen molar-refractivity contribution in [1.29, 1.82) is 0 Å². The topological polar surface area (TPSA) is 75.4 Å². The van der Waals surface area contributed by atoms with Crippen LogP contribution in [0.3, 0.4) is 0 Å². The highest BCUT2D eigenvalue weighted by Crippen LogP contribution is 2.38. The van der Waals surface area contributed by atoms with Crippen LogP contribution < -0.4 is 5.32 Å². The summed E-state index contributed by atoms with van der Waals surface area (Å²) in [5, 5.41) is 6.88. The summed E-state index contributed by atoms with van der Waals surface area (Å²) in [5.41, 5.74) is 2.32. The molecule has 0 radical (unpaired) electrons. The van der Waals surface area contributed by atoms with Gasteiger partial charge in [0.2, 0.25) is 5.91 Å². The molecule has 4 rings (SSSR count). The Kier molecular flexibility index (Phi) is 3.82. The Bertz CT molecular complexity index is 819. The SMILES string of the molecule is Cc1cc(C(=O)N2CCC3(CC2)Cc2ccccc2CNC3=O)no1. The highest BCUT2D eigenvalue weighted by Gasteiger charge is 2.44. The summed E-state index contributed by atoms with van der Waals surface area (Å²) in [6.45, 7) is 3.46. The molecular weight excluding hydrogens is 318 g/mol. The number of fused-ring (bicyclic) bond motifs is 1. The summed E-state index contributed by atoms with van der Waals surface area (Å²) in [7, 11) is 0. The fraction of sp³-hybridized carbons (Fsp3) is 0.421. The monoisotopic (exact) mass is 339 g/mol. The van der Waals surface area contributed by atoms with E-state index < -0.39 is 5.41 Å². The quantitative estimate of drug-likeness (QED) is 0.863. The van der Waals surface area contributed by atoms with E-state index in [1.165, 1.54) is 11.1 Å². The van der Waals surface area contributed by atoms with Gasteiger partial charge >= 0.3 is 0 Å². The minimum atomic E-state index is -0.427. The molecule has 3 heterocycles. The summed E-state index contributed by atoms with van der Waals surface area (Å²) in [6.07, 6.45) is 2.06. The zero-order valence-electron chi connectivity index (χ0n) is 14.2. The number of nitrogens with zero attached hydrogens (tertiary/aromatic N) is 2. The largest absolute Gasteiger partial charge is 0.361 e. The van der Waals surface area contributed by atoms with Crippen molar-refractivity contribution in [3.8, 4) is 0 Å². The lowest BCUT2D eigenvalue weighted by molar-refractivity contribution is -0.133. The maximum absolute atomic E-state index is 12.8. The molecule has 1 spiro atoms. The van der Waals surface area contributed by atoms with Crippen molar-refractivity contribution >= 4 is 11.8 Å². The van der Waals surface area contributed by atoms with Crippen LogP contribution in [0.15, 0.2) is 34.9 Å². The lowest BCUT2D eigenvalue weighted by Crippen LogP contribution is -2.50. The number of hydrogen-bond donors (Lipinski definition) is 1. The van der Waals surface area contributed by atoms with Crippen molar-refractivity contribution in [2.75, 3.05) is 13.1 Å². The minimum Gasteiger partial charge on any atom is -0.361 e. The lowest BCUT2D eigenvalue weighted by Gasteiger charge is -2.39. The summed E-state index contributed by atoms with van der Waals surface area (Å²) in [4.78, 5) is 27.1. The molecule has 0 unspecified atom stereocenters. The average Bonchev–Trinajstić information content (AvgIpc) is 3.01. The van der Waals surface area contributed by atoms with E-state index in [1.54, 1.807) is 17.9 Å². The third-order valence-corrected chi connectivity index (χ3v) is 5.42. The van der Waals surface area contributed by atoms with Gasteiger partial charge in [0, 0.05) is 25.7 Å². The number of hydrogen-bond acceptors (Lipinski definition) is 4. The second kappa shape index (κ2) is 6.02.